The molecule has 0 N–H and O–H groups in total. The minimum atomic E-state index is -0.123. The molecule has 4 aromatic heterocycles. The van der Waals surface area contributed by atoms with Crippen molar-refractivity contribution < 1.29 is 4.74 Å². The fraction of sp³-hybridized carbons (Fsp3) is 0.280. The normalized spacial score (nSPS) is 14.4. The van der Waals surface area contributed by atoms with Crippen LogP contribution in [0.15, 0.2) is 53.8 Å². The number of fused-ring (bicyclic) bond motifs is 3. The summed E-state index contributed by atoms with van der Waals surface area (Å²) in [4.78, 5) is 24.7. The molecule has 0 spiro atoms. The van der Waals surface area contributed by atoms with E-state index in [4.69, 9.17) is 4.74 Å². The average molecular weight is 456 g/mol. The molecule has 9 heteroatoms. The summed E-state index contributed by atoms with van der Waals surface area (Å²) in [6, 6.07) is 8.33. The van der Waals surface area contributed by atoms with E-state index < -0.39 is 0 Å². The molecule has 1 aliphatic rings. The minimum Gasteiger partial charge on any atom is -0.378 e. The van der Waals surface area contributed by atoms with E-state index in [1.165, 1.54) is 0 Å². The van der Waals surface area contributed by atoms with Crippen molar-refractivity contribution in [1.29, 1.82) is 0 Å². The Kier molecular flexibility index (Phi) is 4.73. The van der Waals surface area contributed by atoms with Crippen LogP contribution in [0.3, 0.4) is 0 Å². The minimum absolute atomic E-state index is 0.123. The lowest BCUT2D eigenvalue weighted by Crippen LogP contribution is -2.36. The lowest BCUT2D eigenvalue weighted by molar-refractivity contribution is 0.122. The monoisotopic (exact) mass is 455 g/mol. The molecule has 34 heavy (non-hydrogen) atoms. The first-order valence-corrected chi connectivity index (χ1v) is 11.3. The SMILES string of the molecule is Cc1nn(C)cc1-n1c(=O)n(C)c2cnc3ccc(-c4cncc(N5CCOCC5)c4)cc3c21. The predicted molar refractivity (Wildman–Crippen MR) is 132 cm³/mol. The van der Waals surface area contributed by atoms with Gasteiger partial charge in [0, 0.05) is 50.5 Å². The molecule has 0 atom stereocenters. The summed E-state index contributed by atoms with van der Waals surface area (Å²) in [7, 11) is 3.64. The number of aryl methyl sites for hydroxylation is 3. The Morgan fingerprint density at radius 2 is 1.82 bits per heavy atom. The zero-order valence-corrected chi connectivity index (χ0v) is 19.4. The number of benzene rings is 1. The van der Waals surface area contributed by atoms with Gasteiger partial charge in [0.25, 0.3) is 0 Å². The Bertz CT molecular complexity index is 1610. The number of hydrogen-bond donors (Lipinski definition) is 0. The van der Waals surface area contributed by atoms with Gasteiger partial charge in [-0.3, -0.25) is 23.8 Å². The molecule has 1 saturated heterocycles. The van der Waals surface area contributed by atoms with Gasteiger partial charge in [-0.25, -0.2) is 4.79 Å². The lowest BCUT2D eigenvalue weighted by Gasteiger charge is -2.28. The number of pyridine rings is 2. The maximum atomic E-state index is 13.3. The van der Waals surface area contributed by atoms with E-state index in [0.29, 0.717) is 0 Å². The van der Waals surface area contributed by atoms with Gasteiger partial charge in [0.15, 0.2) is 0 Å². The van der Waals surface area contributed by atoms with E-state index >= 15 is 0 Å². The topological polar surface area (TPSA) is 83.0 Å². The van der Waals surface area contributed by atoms with Crippen LogP contribution in [-0.2, 0) is 18.8 Å². The van der Waals surface area contributed by atoms with Crippen molar-refractivity contribution in [2.45, 2.75) is 6.92 Å². The molecule has 5 heterocycles. The number of nitrogens with zero attached hydrogens (tertiary/aromatic N) is 7. The van der Waals surface area contributed by atoms with Gasteiger partial charge in [0.05, 0.1) is 59.2 Å². The molecule has 0 radical (unpaired) electrons. The Balaban J connectivity index is 1.57. The molecule has 0 aliphatic carbocycles. The van der Waals surface area contributed by atoms with E-state index in [0.717, 1.165) is 76.4 Å². The highest BCUT2D eigenvalue weighted by atomic mass is 16.5. The van der Waals surface area contributed by atoms with Gasteiger partial charge in [0.1, 0.15) is 0 Å². The highest BCUT2D eigenvalue weighted by molar-refractivity contribution is 6.04. The van der Waals surface area contributed by atoms with Crippen molar-refractivity contribution in [3.63, 3.8) is 0 Å². The van der Waals surface area contributed by atoms with Gasteiger partial charge in [-0.15, -0.1) is 0 Å². The first kappa shape index (κ1) is 20.6. The van der Waals surface area contributed by atoms with Crippen LogP contribution < -0.4 is 10.6 Å². The van der Waals surface area contributed by atoms with Crippen LogP contribution in [-0.4, -0.2) is 55.2 Å². The van der Waals surface area contributed by atoms with E-state index in [-0.39, 0.29) is 5.69 Å². The molecule has 1 fully saturated rings. The number of morpholine rings is 1. The zero-order chi connectivity index (χ0) is 23.4. The molecule has 0 saturated carbocycles. The Labute approximate surface area is 195 Å². The molecule has 5 aromatic rings. The highest BCUT2D eigenvalue weighted by Gasteiger charge is 2.19. The number of ether oxygens (including phenoxy) is 1. The maximum absolute atomic E-state index is 13.3. The van der Waals surface area contributed by atoms with E-state index in [1.54, 1.807) is 27.1 Å². The standard InChI is InChI=1S/C25H25N7O2/c1-16-23(15-29(2)28-16)32-24-20-11-17(4-5-21(20)27-14-22(24)30(3)25(32)33)18-10-19(13-26-12-18)31-6-8-34-9-7-31/h4-5,10-15H,6-9H2,1-3H3. The van der Waals surface area contributed by atoms with Gasteiger partial charge < -0.3 is 9.64 Å². The third kappa shape index (κ3) is 3.19. The molecule has 6 rings (SSSR count). The van der Waals surface area contributed by atoms with Crippen LogP contribution in [0.1, 0.15) is 5.69 Å². The molecule has 1 aliphatic heterocycles. The third-order valence-corrected chi connectivity index (χ3v) is 6.55. The van der Waals surface area contributed by atoms with Gasteiger partial charge in [-0.05, 0) is 30.7 Å². The Morgan fingerprint density at radius 3 is 2.59 bits per heavy atom. The van der Waals surface area contributed by atoms with Crippen LogP contribution in [0.25, 0.3) is 38.8 Å². The smallest absolute Gasteiger partial charge is 0.333 e. The summed E-state index contributed by atoms with van der Waals surface area (Å²) < 4.78 is 10.6. The molecule has 0 amide bonds. The first-order valence-electron chi connectivity index (χ1n) is 11.3. The maximum Gasteiger partial charge on any atom is 0.333 e. The summed E-state index contributed by atoms with van der Waals surface area (Å²) in [5.41, 5.74) is 7.00. The number of aromatic nitrogens is 6. The molecular formula is C25H25N7O2. The summed E-state index contributed by atoms with van der Waals surface area (Å²) in [5.74, 6) is 0. The fourth-order valence-corrected chi connectivity index (χ4v) is 4.79. The van der Waals surface area contributed by atoms with Crippen molar-refractivity contribution in [1.82, 2.24) is 28.9 Å². The van der Waals surface area contributed by atoms with Crippen molar-refractivity contribution >= 4 is 27.6 Å². The van der Waals surface area contributed by atoms with Gasteiger partial charge >= 0.3 is 5.69 Å². The number of rotatable bonds is 3. The van der Waals surface area contributed by atoms with Crippen LogP contribution in [0.2, 0.25) is 0 Å². The highest BCUT2D eigenvalue weighted by Crippen LogP contribution is 2.31. The molecule has 172 valence electrons. The van der Waals surface area contributed by atoms with Crippen LogP contribution in [0, 0.1) is 6.92 Å². The summed E-state index contributed by atoms with van der Waals surface area (Å²) in [6.45, 7) is 5.08. The van der Waals surface area contributed by atoms with Crippen molar-refractivity contribution in [3.05, 3.63) is 65.2 Å². The molecule has 0 bridgehead atoms. The quantitative estimate of drug-likeness (QED) is 0.416. The molecule has 0 unspecified atom stereocenters. The van der Waals surface area contributed by atoms with Crippen LogP contribution in [0.5, 0.6) is 0 Å². The predicted octanol–water partition coefficient (Wildman–Crippen LogP) is 2.82. The first-order chi connectivity index (χ1) is 16.5. The van der Waals surface area contributed by atoms with Crippen LogP contribution >= 0.6 is 0 Å². The van der Waals surface area contributed by atoms with E-state index in [9.17, 15) is 4.79 Å². The second kappa shape index (κ2) is 7.81. The fourth-order valence-electron chi connectivity index (χ4n) is 4.79. The summed E-state index contributed by atoms with van der Waals surface area (Å²) >= 11 is 0. The Morgan fingerprint density at radius 1 is 1.00 bits per heavy atom. The number of hydrogen-bond acceptors (Lipinski definition) is 6. The average Bonchev–Trinajstić information content (AvgIpc) is 3.33. The lowest BCUT2D eigenvalue weighted by atomic mass is 10.0. The Hall–Kier alpha value is -3.98. The molecule has 1 aromatic carbocycles. The van der Waals surface area contributed by atoms with Gasteiger partial charge in [-0.2, -0.15) is 5.10 Å². The molecule has 9 nitrogen and oxygen atoms in total. The summed E-state index contributed by atoms with van der Waals surface area (Å²) in [6.07, 6.45) is 7.42. The van der Waals surface area contributed by atoms with Gasteiger partial charge in [0.2, 0.25) is 0 Å². The number of imidazole rings is 1. The van der Waals surface area contributed by atoms with Crippen LogP contribution in [0.4, 0.5) is 5.69 Å². The van der Waals surface area contributed by atoms with Crippen molar-refractivity contribution in [2.75, 3.05) is 31.2 Å². The third-order valence-electron chi connectivity index (χ3n) is 6.55. The number of anilines is 1. The molecular weight excluding hydrogens is 430 g/mol. The second-order valence-electron chi connectivity index (χ2n) is 8.71. The second-order valence-corrected chi connectivity index (χ2v) is 8.71. The van der Waals surface area contributed by atoms with E-state index in [2.05, 4.69) is 38.2 Å². The van der Waals surface area contributed by atoms with Crippen molar-refractivity contribution in [3.8, 4) is 16.8 Å². The summed E-state index contributed by atoms with van der Waals surface area (Å²) in [5, 5.41) is 5.36. The van der Waals surface area contributed by atoms with Crippen molar-refractivity contribution in [2.24, 2.45) is 14.1 Å². The van der Waals surface area contributed by atoms with Gasteiger partial charge in [-0.1, -0.05) is 6.07 Å². The van der Waals surface area contributed by atoms with E-state index in [1.807, 2.05) is 38.6 Å². The largest absolute Gasteiger partial charge is 0.378 e. The zero-order valence-electron chi connectivity index (χ0n) is 19.4.